The molecule has 1 amide bonds. The Balaban J connectivity index is 2.52. The normalized spacial score (nSPS) is 23.4. The topological polar surface area (TPSA) is 46.3 Å². The zero-order chi connectivity index (χ0) is 12.6. The number of carbonyl (C=O) groups excluding carboxylic acids is 1. The molecule has 92 valence electrons. The lowest BCUT2D eigenvalue weighted by atomic mass is 9.92. The average molecular weight is 297 g/mol. The zero-order valence-corrected chi connectivity index (χ0v) is 11.7. The lowest BCUT2D eigenvalue weighted by Crippen LogP contribution is -2.44. The van der Waals surface area contributed by atoms with E-state index in [-0.39, 0.29) is 18.0 Å². The fourth-order valence-corrected chi connectivity index (χ4v) is 2.78. The first-order chi connectivity index (χ1) is 8.04. The first kappa shape index (κ1) is 12.6. The van der Waals surface area contributed by atoms with Gasteiger partial charge in [0.15, 0.2) is 0 Å². The minimum absolute atomic E-state index is 0.0222. The molecule has 2 atom stereocenters. The number of hydrogen-bond donors (Lipinski definition) is 1. The number of nitrogens with zero attached hydrogens (tertiary/aromatic N) is 1. The predicted octanol–water partition coefficient (Wildman–Crippen LogP) is 2.98. The van der Waals surface area contributed by atoms with E-state index >= 15 is 0 Å². The Morgan fingerprint density at radius 3 is 2.94 bits per heavy atom. The van der Waals surface area contributed by atoms with Crippen molar-refractivity contribution in [1.29, 1.82) is 0 Å². The van der Waals surface area contributed by atoms with Crippen molar-refractivity contribution >= 4 is 27.5 Å². The smallest absolute Gasteiger partial charge is 0.226 e. The monoisotopic (exact) mass is 296 g/mol. The Morgan fingerprint density at radius 1 is 1.59 bits per heavy atom. The maximum absolute atomic E-state index is 12.0. The third kappa shape index (κ3) is 2.24. The van der Waals surface area contributed by atoms with E-state index in [9.17, 15) is 4.79 Å². The van der Waals surface area contributed by atoms with E-state index in [0.717, 1.165) is 22.1 Å². The van der Waals surface area contributed by atoms with Crippen LogP contribution in [0.1, 0.15) is 38.3 Å². The summed E-state index contributed by atoms with van der Waals surface area (Å²) >= 11 is 3.45. The van der Waals surface area contributed by atoms with Crippen molar-refractivity contribution in [2.75, 3.05) is 4.90 Å². The molecule has 17 heavy (non-hydrogen) atoms. The Bertz CT molecular complexity index is 447. The van der Waals surface area contributed by atoms with Crippen LogP contribution in [0.2, 0.25) is 0 Å². The summed E-state index contributed by atoms with van der Waals surface area (Å²) in [6, 6.07) is 6.15. The van der Waals surface area contributed by atoms with E-state index < -0.39 is 0 Å². The van der Waals surface area contributed by atoms with Crippen molar-refractivity contribution in [1.82, 2.24) is 0 Å². The largest absolute Gasteiger partial charge is 0.324 e. The molecule has 2 rings (SSSR count). The van der Waals surface area contributed by atoms with Crippen LogP contribution in [0.15, 0.2) is 22.7 Å². The maximum Gasteiger partial charge on any atom is 0.226 e. The molecule has 1 aromatic rings. The minimum atomic E-state index is 0.0222. The Hall–Kier alpha value is -0.870. The van der Waals surface area contributed by atoms with Gasteiger partial charge < -0.3 is 10.6 Å². The number of anilines is 1. The first-order valence-corrected chi connectivity index (χ1v) is 6.71. The molecular weight excluding hydrogens is 280 g/mol. The fourth-order valence-electron chi connectivity index (χ4n) is 2.43. The van der Waals surface area contributed by atoms with Crippen LogP contribution in [0.3, 0.4) is 0 Å². The molecule has 0 radical (unpaired) electrons. The second-order valence-electron chi connectivity index (χ2n) is 4.51. The molecule has 1 heterocycles. The molecule has 0 bridgehead atoms. The van der Waals surface area contributed by atoms with Gasteiger partial charge in [0.05, 0.1) is 0 Å². The number of benzene rings is 1. The van der Waals surface area contributed by atoms with E-state index in [1.165, 1.54) is 0 Å². The molecule has 0 fully saturated rings. The van der Waals surface area contributed by atoms with Crippen LogP contribution in [0, 0.1) is 0 Å². The number of hydrogen-bond acceptors (Lipinski definition) is 2. The first-order valence-electron chi connectivity index (χ1n) is 5.91. The van der Waals surface area contributed by atoms with Crippen molar-refractivity contribution < 1.29 is 4.79 Å². The predicted molar refractivity (Wildman–Crippen MR) is 72.9 cm³/mol. The van der Waals surface area contributed by atoms with Gasteiger partial charge in [-0.1, -0.05) is 28.9 Å². The average Bonchev–Trinajstić information content (AvgIpc) is 2.28. The Kier molecular flexibility index (Phi) is 3.54. The van der Waals surface area contributed by atoms with E-state index in [1.54, 1.807) is 0 Å². The molecule has 3 nitrogen and oxygen atoms in total. The molecule has 0 saturated heterocycles. The van der Waals surface area contributed by atoms with Crippen molar-refractivity contribution in [2.45, 2.75) is 38.8 Å². The summed E-state index contributed by atoms with van der Waals surface area (Å²) in [5, 5.41) is 0. The van der Waals surface area contributed by atoms with E-state index in [0.29, 0.717) is 6.42 Å². The maximum atomic E-state index is 12.0. The van der Waals surface area contributed by atoms with Gasteiger partial charge in [-0.3, -0.25) is 4.79 Å². The lowest BCUT2D eigenvalue weighted by molar-refractivity contribution is -0.118. The van der Waals surface area contributed by atoms with Crippen LogP contribution in [-0.2, 0) is 4.79 Å². The molecule has 0 aliphatic carbocycles. The summed E-state index contributed by atoms with van der Waals surface area (Å²) in [7, 11) is 0. The second kappa shape index (κ2) is 4.78. The number of halogens is 1. The van der Waals surface area contributed by atoms with Gasteiger partial charge in [-0.2, -0.15) is 0 Å². The molecule has 2 N–H and O–H groups in total. The highest BCUT2D eigenvalue weighted by molar-refractivity contribution is 9.10. The number of fused-ring (bicyclic) bond motifs is 1. The molecule has 1 aliphatic rings. The van der Waals surface area contributed by atoms with Gasteiger partial charge in [0.25, 0.3) is 0 Å². The second-order valence-corrected chi connectivity index (χ2v) is 5.43. The Morgan fingerprint density at radius 2 is 2.29 bits per heavy atom. The SMILES string of the molecule is CCC(=O)N1c2cc(Br)ccc2[C@H](N)C[C@@H]1C. The number of amides is 1. The van der Waals surface area contributed by atoms with Crippen molar-refractivity contribution in [2.24, 2.45) is 5.73 Å². The van der Waals surface area contributed by atoms with Crippen LogP contribution in [-0.4, -0.2) is 11.9 Å². The van der Waals surface area contributed by atoms with Crippen LogP contribution in [0.4, 0.5) is 5.69 Å². The lowest BCUT2D eigenvalue weighted by Gasteiger charge is -2.38. The minimum Gasteiger partial charge on any atom is -0.324 e. The van der Waals surface area contributed by atoms with Gasteiger partial charge in [-0.05, 0) is 31.0 Å². The van der Waals surface area contributed by atoms with E-state index in [2.05, 4.69) is 22.9 Å². The van der Waals surface area contributed by atoms with Crippen LogP contribution in [0.25, 0.3) is 0 Å². The highest BCUT2D eigenvalue weighted by atomic mass is 79.9. The molecule has 1 aliphatic heterocycles. The summed E-state index contributed by atoms with van der Waals surface area (Å²) in [5.41, 5.74) is 8.16. The molecule has 1 aromatic carbocycles. The van der Waals surface area contributed by atoms with Gasteiger partial charge in [0.1, 0.15) is 0 Å². The van der Waals surface area contributed by atoms with Gasteiger partial charge in [-0.25, -0.2) is 0 Å². The molecule has 0 unspecified atom stereocenters. The zero-order valence-electron chi connectivity index (χ0n) is 10.1. The van der Waals surface area contributed by atoms with Crippen molar-refractivity contribution in [3.05, 3.63) is 28.2 Å². The molecule has 0 spiro atoms. The highest BCUT2D eigenvalue weighted by Gasteiger charge is 2.31. The number of rotatable bonds is 1. The number of nitrogens with two attached hydrogens (primary N) is 1. The van der Waals surface area contributed by atoms with Crippen LogP contribution >= 0.6 is 15.9 Å². The molecule has 0 aromatic heterocycles. The third-order valence-corrected chi connectivity index (χ3v) is 3.75. The summed E-state index contributed by atoms with van der Waals surface area (Å²) in [4.78, 5) is 13.9. The molecular formula is C13H17BrN2O. The third-order valence-electron chi connectivity index (χ3n) is 3.26. The summed E-state index contributed by atoms with van der Waals surface area (Å²) in [5.74, 6) is 0.156. The summed E-state index contributed by atoms with van der Waals surface area (Å²) in [6.07, 6.45) is 1.34. The standard InChI is InChI=1S/C13H17BrN2O/c1-3-13(17)16-8(2)6-11(15)10-5-4-9(14)7-12(10)16/h4-5,7-8,11H,3,6,15H2,1-2H3/t8-,11+/m0/s1. The summed E-state index contributed by atoms with van der Waals surface area (Å²) in [6.45, 7) is 3.94. The van der Waals surface area contributed by atoms with Crippen LogP contribution in [0.5, 0.6) is 0 Å². The van der Waals surface area contributed by atoms with E-state index in [4.69, 9.17) is 5.73 Å². The summed E-state index contributed by atoms with van der Waals surface area (Å²) < 4.78 is 0.978. The van der Waals surface area contributed by atoms with Gasteiger partial charge in [-0.15, -0.1) is 0 Å². The van der Waals surface area contributed by atoms with Crippen molar-refractivity contribution in [3.8, 4) is 0 Å². The number of carbonyl (C=O) groups is 1. The van der Waals surface area contributed by atoms with Gasteiger partial charge >= 0.3 is 0 Å². The van der Waals surface area contributed by atoms with Gasteiger partial charge in [0.2, 0.25) is 5.91 Å². The molecule has 4 heteroatoms. The van der Waals surface area contributed by atoms with Gasteiger partial charge in [0, 0.05) is 28.7 Å². The van der Waals surface area contributed by atoms with Crippen molar-refractivity contribution in [3.63, 3.8) is 0 Å². The Labute approximate surface area is 110 Å². The van der Waals surface area contributed by atoms with E-state index in [1.807, 2.05) is 30.0 Å². The fraction of sp³-hybridized carbons (Fsp3) is 0.462. The molecule has 0 saturated carbocycles. The quantitative estimate of drug-likeness (QED) is 0.866. The van der Waals surface area contributed by atoms with Crippen LogP contribution < -0.4 is 10.6 Å². The highest BCUT2D eigenvalue weighted by Crippen LogP contribution is 2.37.